The van der Waals surface area contributed by atoms with Crippen LogP contribution in [-0.4, -0.2) is 23.9 Å². The van der Waals surface area contributed by atoms with E-state index in [2.05, 4.69) is 19.6 Å². The summed E-state index contributed by atoms with van der Waals surface area (Å²) in [5, 5.41) is 0. The van der Waals surface area contributed by atoms with Crippen molar-refractivity contribution in [3.63, 3.8) is 0 Å². The second-order valence-corrected chi connectivity index (χ2v) is 4.25. The van der Waals surface area contributed by atoms with Crippen molar-refractivity contribution in [3.05, 3.63) is 0 Å². The fraction of sp³-hybridized carbons (Fsp3) is 0.909. The summed E-state index contributed by atoms with van der Waals surface area (Å²) < 4.78 is 5.17. The van der Waals surface area contributed by atoms with Gasteiger partial charge in [-0.3, -0.25) is 4.79 Å². The van der Waals surface area contributed by atoms with Crippen molar-refractivity contribution < 1.29 is 9.53 Å². The van der Waals surface area contributed by atoms with Gasteiger partial charge in [-0.05, 0) is 19.8 Å². The average Bonchev–Trinajstić information content (AvgIpc) is 2.23. The Morgan fingerprint density at radius 2 is 2.07 bits per heavy atom. The van der Waals surface area contributed by atoms with Gasteiger partial charge in [0.25, 0.3) is 0 Å². The number of rotatable bonds is 8. The molecule has 4 heteroatoms. The monoisotopic (exact) mass is 233 g/mol. The first-order chi connectivity index (χ1) is 7.11. The predicted molar refractivity (Wildman–Crippen MR) is 66.1 cm³/mol. The van der Waals surface area contributed by atoms with Crippen LogP contribution in [0.5, 0.6) is 0 Å². The van der Waals surface area contributed by atoms with Crippen LogP contribution in [0.4, 0.5) is 0 Å². The van der Waals surface area contributed by atoms with Crippen molar-refractivity contribution in [2.75, 3.05) is 5.75 Å². The van der Waals surface area contributed by atoms with Gasteiger partial charge in [0.05, 0.1) is 6.10 Å². The van der Waals surface area contributed by atoms with E-state index >= 15 is 0 Å². The summed E-state index contributed by atoms with van der Waals surface area (Å²) >= 11 is 3.95. The predicted octanol–water partition coefficient (Wildman–Crippen LogP) is 2.15. The maximum Gasteiger partial charge on any atom is 0.324 e. The topological polar surface area (TPSA) is 52.3 Å². The molecule has 0 spiro atoms. The second-order valence-electron chi connectivity index (χ2n) is 3.89. The molecule has 0 saturated carbocycles. The highest BCUT2D eigenvalue weighted by Gasteiger charge is 2.15. The van der Waals surface area contributed by atoms with E-state index in [1.165, 1.54) is 19.3 Å². The minimum Gasteiger partial charge on any atom is -0.461 e. The molecule has 2 atom stereocenters. The number of hydrogen-bond donors (Lipinski definition) is 2. The van der Waals surface area contributed by atoms with Crippen LogP contribution >= 0.6 is 12.6 Å². The van der Waals surface area contributed by atoms with Crippen LogP contribution in [0.1, 0.15) is 46.0 Å². The highest BCUT2D eigenvalue weighted by atomic mass is 32.1. The van der Waals surface area contributed by atoms with Crippen molar-refractivity contribution in [2.24, 2.45) is 5.73 Å². The summed E-state index contributed by atoms with van der Waals surface area (Å²) in [6, 6.07) is -0.591. The van der Waals surface area contributed by atoms with Crippen molar-refractivity contribution in [3.8, 4) is 0 Å². The molecular formula is C11H23NO2S. The molecule has 0 aliphatic heterocycles. The van der Waals surface area contributed by atoms with Gasteiger partial charge in [-0.25, -0.2) is 0 Å². The largest absolute Gasteiger partial charge is 0.461 e. The Labute approximate surface area is 98.2 Å². The molecular weight excluding hydrogens is 210 g/mol. The zero-order valence-corrected chi connectivity index (χ0v) is 10.6. The minimum atomic E-state index is -0.591. The van der Waals surface area contributed by atoms with Gasteiger partial charge in [-0.1, -0.05) is 26.2 Å². The van der Waals surface area contributed by atoms with Gasteiger partial charge in [0.15, 0.2) is 0 Å². The third kappa shape index (κ3) is 7.68. The molecule has 0 aliphatic carbocycles. The quantitative estimate of drug-likeness (QED) is 0.384. The first kappa shape index (κ1) is 14.8. The van der Waals surface area contributed by atoms with Gasteiger partial charge in [0.1, 0.15) is 6.04 Å². The summed E-state index contributed by atoms with van der Waals surface area (Å²) in [5.74, 6) is -0.00511. The van der Waals surface area contributed by atoms with Gasteiger partial charge >= 0.3 is 5.97 Å². The summed E-state index contributed by atoms with van der Waals surface area (Å²) in [5.41, 5.74) is 5.49. The highest BCUT2D eigenvalue weighted by Crippen LogP contribution is 2.08. The summed E-state index contributed by atoms with van der Waals surface area (Å²) in [7, 11) is 0. The molecule has 0 bridgehead atoms. The summed E-state index contributed by atoms with van der Waals surface area (Å²) in [4.78, 5) is 11.3. The zero-order valence-electron chi connectivity index (χ0n) is 9.74. The van der Waals surface area contributed by atoms with Crippen LogP contribution in [0.2, 0.25) is 0 Å². The molecule has 0 rings (SSSR count). The number of ether oxygens (including phenoxy) is 1. The van der Waals surface area contributed by atoms with Gasteiger partial charge in [0.2, 0.25) is 0 Å². The molecule has 2 N–H and O–H groups in total. The number of carbonyl (C=O) groups is 1. The van der Waals surface area contributed by atoms with Crippen molar-refractivity contribution in [1.82, 2.24) is 0 Å². The Morgan fingerprint density at radius 1 is 1.40 bits per heavy atom. The smallest absolute Gasteiger partial charge is 0.324 e. The first-order valence-electron chi connectivity index (χ1n) is 5.68. The molecule has 0 aromatic carbocycles. The van der Waals surface area contributed by atoms with Gasteiger partial charge in [-0.2, -0.15) is 12.6 Å². The lowest BCUT2D eigenvalue weighted by molar-refractivity contribution is -0.149. The lowest BCUT2D eigenvalue weighted by atomic mass is 10.1. The van der Waals surface area contributed by atoms with E-state index < -0.39 is 6.04 Å². The third-order valence-corrected chi connectivity index (χ3v) is 2.67. The van der Waals surface area contributed by atoms with Crippen LogP contribution < -0.4 is 5.73 Å². The Balaban J connectivity index is 3.55. The van der Waals surface area contributed by atoms with Gasteiger partial charge < -0.3 is 10.5 Å². The lowest BCUT2D eigenvalue weighted by Gasteiger charge is -2.15. The molecule has 0 amide bonds. The standard InChI is InChI=1S/C11H23NO2S/c1-3-4-5-6-7-9(2)14-11(13)10(12)8-15/h9-10,15H,3-8,12H2,1-2H3. The molecule has 0 aromatic rings. The Morgan fingerprint density at radius 3 is 2.60 bits per heavy atom. The van der Waals surface area contributed by atoms with E-state index in [-0.39, 0.29) is 12.1 Å². The molecule has 90 valence electrons. The molecule has 15 heavy (non-hydrogen) atoms. The molecule has 0 heterocycles. The third-order valence-electron chi connectivity index (χ3n) is 2.28. The number of nitrogens with two attached hydrogens (primary N) is 1. The minimum absolute atomic E-state index is 0.0275. The van der Waals surface area contributed by atoms with Crippen molar-refractivity contribution >= 4 is 18.6 Å². The van der Waals surface area contributed by atoms with Crippen molar-refractivity contribution in [2.45, 2.75) is 58.1 Å². The summed E-state index contributed by atoms with van der Waals surface area (Å²) in [6.07, 6.45) is 5.68. The number of carbonyl (C=O) groups excluding carboxylic acids is 1. The van der Waals surface area contributed by atoms with Gasteiger partial charge in [0, 0.05) is 5.75 Å². The molecule has 0 aliphatic rings. The number of esters is 1. The Kier molecular flexibility index (Phi) is 8.91. The lowest BCUT2D eigenvalue weighted by Crippen LogP contribution is -2.35. The van der Waals surface area contributed by atoms with Crippen LogP contribution in [0, 0.1) is 0 Å². The average molecular weight is 233 g/mol. The highest BCUT2D eigenvalue weighted by molar-refractivity contribution is 7.80. The summed E-state index contributed by atoms with van der Waals surface area (Å²) in [6.45, 7) is 4.09. The van der Waals surface area contributed by atoms with E-state index in [1.54, 1.807) is 0 Å². The van der Waals surface area contributed by atoms with E-state index in [0.717, 1.165) is 12.8 Å². The molecule has 0 fully saturated rings. The maximum atomic E-state index is 11.3. The molecule has 2 unspecified atom stereocenters. The van der Waals surface area contributed by atoms with Crippen LogP contribution in [0.15, 0.2) is 0 Å². The first-order valence-corrected chi connectivity index (χ1v) is 6.32. The number of hydrogen-bond acceptors (Lipinski definition) is 4. The van der Waals surface area contributed by atoms with Crippen LogP contribution in [0.3, 0.4) is 0 Å². The number of thiol groups is 1. The maximum absolute atomic E-state index is 11.3. The SMILES string of the molecule is CCCCCCC(C)OC(=O)C(N)CS. The Hall–Kier alpha value is -0.220. The molecule has 0 aromatic heterocycles. The van der Waals surface area contributed by atoms with Crippen LogP contribution in [-0.2, 0) is 9.53 Å². The van der Waals surface area contributed by atoms with E-state index in [4.69, 9.17) is 10.5 Å². The van der Waals surface area contributed by atoms with Gasteiger partial charge in [-0.15, -0.1) is 0 Å². The van der Waals surface area contributed by atoms with Crippen LogP contribution in [0.25, 0.3) is 0 Å². The van der Waals surface area contributed by atoms with E-state index in [0.29, 0.717) is 5.75 Å². The Bertz CT molecular complexity index is 176. The second kappa shape index (κ2) is 9.04. The normalized spacial score (nSPS) is 14.7. The number of unbranched alkanes of at least 4 members (excludes halogenated alkanes) is 3. The molecule has 0 radical (unpaired) electrons. The molecule has 0 saturated heterocycles. The molecule has 3 nitrogen and oxygen atoms in total. The zero-order chi connectivity index (χ0) is 11.7. The van der Waals surface area contributed by atoms with E-state index in [1.807, 2.05) is 6.92 Å². The fourth-order valence-electron chi connectivity index (χ4n) is 1.28. The van der Waals surface area contributed by atoms with E-state index in [9.17, 15) is 4.79 Å². The van der Waals surface area contributed by atoms with Crippen molar-refractivity contribution in [1.29, 1.82) is 0 Å². The fourth-order valence-corrected chi connectivity index (χ4v) is 1.43.